The molecule has 0 saturated carbocycles. The maximum atomic E-state index is 13.5. The zero-order chi connectivity index (χ0) is 25.8. The van der Waals surface area contributed by atoms with Crippen molar-refractivity contribution in [3.63, 3.8) is 0 Å². The number of nitrogens with one attached hydrogen (secondary N) is 1. The number of carbonyl (C=O) groups is 2. The molecular formula is C27H23Cl2FN4O2. The van der Waals surface area contributed by atoms with Gasteiger partial charge in [0.2, 0.25) is 5.91 Å². The van der Waals surface area contributed by atoms with E-state index in [1.54, 1.807) is 30.3 Å². The molecule has 6 nitrogen and oxygen atoms in total. The van der Waals surface area contributed by atoms with Crippen LogP contribution in [0, 0.1) is 5.82 Å². The second kappa shape index (κ2) is 10.9. The van der Waals surface area contributed by atoms with Gasteiger partial charge in [-0.15, -0.1) is 0 Å². The van der Waals surface area contributed by atoms with Gasteiger partial charge in [-0.2, -0.15) is 5.10 Å². The Bertz CT molecular complexity index is 1390. The van der Waals surface area contributed by atoms with Crippen molar-refractivity contribution in [3.8, 4) is 16.9 Å². The first kappa shape index (κ1) is 25.4. The molecule has 184 valence electrons. The molecule has 36 heavy (non-hydrogen) atoms. The van der Waals surface area contributed by atoms with E-state index in [2.05, 4.69) is 10.4 Å². The third-order valence-electron chi connectivity index (χ3n) is 5.48. The summed E-state index contributed by atoms with van der Waals surface area (Å²) in [6.07, 6.45) is 0. The van der Waals surface area contributed by atoms with Gasteiger partial charge in [-0.05, 0) is 56.3 Å². The van der Waals surface area contributed by atoms with Gasteiger partial charge in [-0.25, -0.2) is 9.07 Å². The van der Waals surface area contributed by atoms with Crippen LogP contribution in [0.1, 0.15) is 24.2 Å². The van der Waals surface area contributed by atoms with Gasteiger partial charge in [0.1, 0.15) is 18.2 Å². The lowest BCUT2D eigenvalue weighted by Gasteiger charge is -2.26. The summed E-state index contributed by atoms with van der Waals surface area (Å²) < 4.78 is 15.0. The maximum Gasteiger partial charge on any atom is 0.254 e. The average Bonchev–Trinajstić information content (AvgIpc) is 3.28. The first-order valence-electron chi connectivity index (χ1n) is 11.2. The van der Waals surface area contributed by atoms with Crippen LogP contribution in [0.2, 0.25) is 10.0 Å². The molecule has 1 aromatic heterocycles. The normalized spacial score (nSPS) is 10.9. The number of nitrogens with zero attached hydrogens (tertiary/aromatic N) is 3. The van der Waals surface area contributed by atoms with Gasteiger partial charge in [-0.3, -0.25) is 9.59 Å². The van der Waals surface area contributed by atoms with E-state index in [0.717, 1.165) is 5.56 Å². The van der Waals surface area contributed by atoms with Gasteiger partial charge in [0.15, 0.2) is 0 Å². The number of hydrogen-bond acceptors (Lipinski definition) is 3. The third-order valence-corrected chi connectivity index (χ3v) is 6.22. The van der Waals surface area contributed by atoms with Crippen LogP contribution < -0.4 is 5.32 Å². The van der Waals surface area contributed by atoms with Gasteiger partial charge >= 0.3 is 0 Å². The van der Waals surface area contributed by atoms with Crippen molar-refractivity contribution in [1.82, 2.24) is 14.7 Å². The molecule has 9 heteroatoms. The number of benzene rings is 3. The molecule has 2 amide bonds. The minimum absolute atomic E-state index is 0.202. The monoisotopic (exact) mass is 524 g/mol. The summed E-state index contributed by atoms with van der Waals surface area (Å²) in [5, 5.41) is 8.07. The summed E-state index contributed by atoms with van der Waals surface area (Å²) in [6, 6.07) is 21.3. The van der Waals surface area contributed by atoms with Gasteiger partial charge in [0.25, 0.3) is 5.91 Å². The number of halogens is 3. The lowest BCUT2D eigenvalue weighted by atomic mass is 10.1. The topological polar surface area (TPSA) is 67.2 Å². The number of hydrogen-bond donors (Lipinski definition) is 1. The second-order valence-electron chi connectivity index (χ2n) is 8.37. The van der Waals surface area contributed by atoms with Crippen molar-refractivity contribution in [1.29, 1.82) is 0 Å². The number of amides is 2. The van der Waals surface area contributed by atoms with Crippen LogP contribution in [0.25, 0.3) is 16.9 Å². The van der Waals surface area contributed by atoms with Crippen molar-refractivity contribution in [2.75, 3.05) is 11.9 Å². The summed E-state index contributed by atoms with van der Waals surface area (Å²) in [4.78, 5) is 27.7. The summed E-state index contributed by atoms with van der Waals surface area (Å²) in [6.45, 7) is 3.43. The van der Waals surface area contributed by atoms with Crippen LogP contribution in [0.4, 0.5) is 10.2 Å². The summed E-state index contributed by atoms with van der Waals surface area (Å²) >= 11 is 12.1. The first-order valence-corrected chi connectivity index (χ1v) is 12.0. The molecule has 0 aliphatic carbocycles. The predicted octanol–water partition coefficient (Wildman–Crippen LogP) is 6.47. The molecular weight excluding hydrogens is 502 g/mol. The van der Waals surface area contributed by atoms with Crippen LogP contribution in [-0.4, -0.2) is 39.1 Å². The highest BCUT2D eigenvalue weighted by molar-refractivity contribution is 6.42. The van der Waals surface area contributed by atoms with Gasteiger partial charge in [-0.1, -0.05) is 53.5 Å². The summed E-state index contributed by atoms with van der Waals surface area (Å²) in [5.41, 5.74) is 2.38. The molecule has 0 spiro atoms. The first-order chi connectivity index (χ1) is 17.2. The van der Waals surface area contributed by atoms with Gasteiger partial charge < -0.3 is 10.2 Å². The molecule has 0 saturated heterocycles. The molecule has 3 aromatic carbocycles. The lowest BCUT2D eigenvalue weighted by molar-refractivity contribution is -0.117. The zero-order valence-electron chi connectivity index (χ0n) is 19.6. The number of anilines is 1. The van der Waals surface area contributed by atoms with Crippen molar-refractivity contribution in [2.45, 2.75) is 19.9 Å². The van der Waals surface area contributed by atoms with Crippen LogP contribution >= 0.6 is 23.2 Å². The van der Waals surface area contributed by atoms with Crippen molar-refractivity contribution < 1.29 is 14.0 Å². The Morgan fingerprint density at radius 1 is 0.972 bits per heavy atom. The summed E-state index contributed by atoms with van der Waals surface area (Å²) in [5.74, 6) is -0.764. The Labute approximate surface area is 218 Å². The van der Waals surface area contributed by atoms with E-state index in [4.69, 9.17) is 23.2 Å². The van der Waals surface area contributed by atoms with Gasteiger partial charge in [0, 0.05) is 23.2 Å². The summed E-state index contributed by atoms with van der Waals surface area (Å²) in [7, 11) is 0. The highest BCUT2D eigenvalue weighted by atomic mass is 35.5. The van der Waals surface area contributed by atoms with E-state index in [1.165, 1.54) is 27.8 Å². The highest BCUT2D eigenvalue weighted by Crippen LogP contribution is 2.26. The molecule has 1 heterocycles. The van der Waals surface area contributed by atoms with Crippen LogP contribution in [0.5, 0.6) is 0 Å². The number of aromatic nitrogens is 2. The number of carbonyl (C=O) groups excluding carboxylic acids is 2. The van der Waals surface area contributed by atoms with E-state index in [9.17, 15) is 14.0 Å². The Hall–Kier alpha value is -3.68. The minimum Gasteiger partial charge on any atom is -0.327 e. The third kappa shape index (κ3) is 5.75. The Morgan fingerprint density at radius 2 is 1.67 bits per heavy atom. The second-order valence-corrected chi connectivity index (χ2v) is 9.19. The van der Waals surface area contributed by atoms with E-state index in [0.29, 0.717) is 27.8 Å². The maximum absolute atomic E-state index is 13.5. The Kier molecular flexibility index (Phi) is 7.72. The SMILES string of the molecule is CC(C)N(CC(=O)Nc1cc(-c2ccccc2)nn1-c1ccc(F)cc1)C(=O)c1ccc(Cl)c(Cl)c1. The van der Waals surface area contributed by atoms with Crippen LogP contribution in [0.15, 0.2) is 78.9 Å². The Morgan fingerprint density at radius 3 is 2.31 bits per heavy atom. The smallest absolute Gasteiger partial charge is 0.254 e. The van der Waals surface area contributed by atoms with E-state index < -0.39 is 5.91 Å². The standard InChI is InChI=1S/C27H23Cl2FN4O2/c1-17(2)33(27(36)19-8-13-22(28)23(29)14-19)16-26(35)31-25-15-24(18-6-4-3-5-7-18)32-34(25)21-11-9-20(30)10-12-21/h3-15,17H,16H2,1-2H3,(H,31,35). The molecule has 0 bridgehead atoms. The lowest BCUT2D eigenvalue weighted by Crippen LogP contribution is -2.42. The average molecular weight is 525 g/mol. The van der Waals surface area contributed by atoms with E-state index in [-0.39, 0.29) is 29.3 Å². The largest absolute Gasteiger partial charge is 0.327 e. The molecule has 0 fully saturated rings. The van der Waals surface area contributed by atoms with Crippen LogP contribution in [0.3, 0.4) is 0 Å². The fourth-order valence-electron chi connectivity index (χ4n) is 3.62. The fraction of sp³-hybridized carbons (Fsp3) is 0.148. The highest BCUT2D eigenvalue weighted by Gasteiger charge is 2.23. The molecule has 4 rings (SSSR count). The molecule has 0 radical (unpaired) electrons. The zero-order valence-corrected chi connectivity index (χ0v) is 21.1. The van der Waals surface area contributed by atoms with Crippen molar-refractivity contribution in [2.24, 2.45) is 0 Å². The molecule has 1 N–H and O–H groups in total. The molecule has 0 unspecified atom stereocenters. The number of rotatable bonds is 7. The van der Waals surface area contributed by atoms with Crippen LogP contribution in [-0.2, 0) is 4.79 Å². The molecule has 0 aliphatic heterocycles. The minimum atomic E-state index is -0.417. The molecule has 0 aliphatic rings. The quantitative estimate of drug-likeness (QED) is 0.301. The van der Waals surface area contributed by atoms with E-state index in [1.807, 2.05) is 44.2 Å². The molecule has 4 aromatic rings. The van der Waals surface area contributed by atoms with Crippen molar-refractivity contribution >= 4 is 40.8 Å². The van der Waals surface area contributed by atoms with E-state index >= 15 is 0 Å². The fourth-order valence-corrected chi connectivity index (χ4v) is 3.92. The van der Waals surface area contributed by atoms with Crippen molar-refractivity contribution in [3.05, 3.63) is 100 Å². The predicted molar refractivity (Wildman–Crippen MR) is 140 cm³/mol. The van der Waals surface area contributed by atoms with Gasteiger partial charge in [0.05, 0.1) is 21.4 Å². The Balaban J connectivity index is 1.61. The molecule has 0 atom stereocenters.